The summed E-state index contributed by atoms with van der Waals surface area (Å²) in [5, 5.41) is 17.4. The van der Waals surface area contributed by atoms with Crippen molar-refractivity contribution < 1.29 is 14.3 Å². The minimum Gasteiger partial charge on any atom is -0.493 e. The molecule has 0 unspecified atom stereocenters. The second-order valence-electron chi connectivity index (χ2n) is 8.35. The van der Waals surface area contributed by atoms with Crippen LogP contribution in [0.15, 0.2) is 90.6 Å². The zero-order chi connectivity index (χ0) is 26.0. The maximum Gasteiger partial charge on any atom is 0.261 e. The van der Waals surface area contributed by atoms with E-state index in [0.29, 0.717) is 42.3 Å². The van der Waals surface area contributed by atoms with Gasteiger partial charge in [0.2, 0.25) is 0 Å². The van der Waals surface area contributed by atoms with Crippen LogP contribution in [-0.4, -0.2) is 36.5 Å². The summed E-state index contributed by atoms with van der Waals surface area (Å²) in [7, 11) is 3.15. The molecule has 0 saturated heterocycles. The molecule has 0 aliphatic heterocycles. The van der Waals surface area contributed by atoms with Crippen LogP contribution in [0.25, 0.3) is 17.3 Å². The first-order chi connectivity index (χ1) is 18.1. The highest BCUT2D eigenvalue weighted by molar-refractivity contribution is 6.02. The molecular formula is C30H28N4O3. The number of nitrogens with zero attached hydrogens (tertiary/aromatic N) is 3. The quantitative estimate of drug-likeness (QED) is 0.252. The maximum absolute atomic E-state index is 12.8. The zero-order valence-electron chi connectivity index (χ0n) is 20.8. The van der Waals surface area contributed by atoms with Crippen LogP contribution in [-0.2, 0) is 17.8 Å². The molecule has 0 radical (unpaired) electrons. The van der Waals surface area contributed by atoms with Gasteiger partial charge in [-0.3, -0.25) is 9.48 Å². The molecule has 1 aromatic heterocycles. The number of nitriles is 1. The molecule has 0 fully saturated rings. The third-order valence-electron chi connectivity index (χ3n) is 5.84. The smallest absolute Gasteiger partial charge is 0.261 e. The van der Waals surface area contributed by atoms with Crippen molar-refractivity contribution in [3.63, 3.8) is 0 Å². The lowest BCUT2D eigenvalue weighted by Gasteiger charge is -2.09. The Bertz CT molecular complexity index is 1420. The van der Waals surface area contributed by atoms with E-state index in [4.69, 9.17) is 14.6 Å². The van der Waals surface area contributed by atoms with Crippen molar-refractivity contribution in [2.45, 2.75) is 13.0 Å². The number of rotatable bonds is 10. The highest BCUT2D eigenvalue weighted by Gasteiger charge is 2.16. The van der Waals surface area contributed by atoms with Gasteiger partial charge in [-0.2, -0.15) is 10.4 Å². The van der Waals surface area contributed by atoms with Gasteiger partial charge < -0.3 is 14.8 Å². The molecule has 0 bridgehead atoms. The number of carbonyl (C=O) groups excluding carboxylic acids is 1. The van der Waals surface area contributed by atoms with Gasteiger partial charge in [0.1, 0.15) is 11.6 Å². The van der Waals surface area contributed by atoms with E-state index in [-0.39, 0.29) is 5.57 Å². The SMILES string of the molecule is COc1ccc(-c2nn(Cc3ccccc3)cc2/C=C(\C#N)C(=O)NCCc2ccccc2)cc1OC. The number of hydrogen-bond donors (Lipinski definition) is 1. The van der Waals surface area contributed by atoms with Crippen LogP contribution in [0.5, 0.6) is 11.5 Å². The van der Waals surface area contributed by atoms with Gasteiger partial charge in [-0.1, -0.05) is 60.7 Å². The molecule has 3 aromatic carbocycles. The highest BCUT2D eigenvalue weighted by atomic mass is 16.5. The van der Waals surface area contributed by atoms with Crippen molar-refractivity contribution in [3.05, 3.63) is 107 Å². The van der Waals surface area contributed by atoms with E-state index in [1.54, 1.807) is 31.0 Å². The van der Waals surface area contributed by atoms with Crippen molar-refractivity contribution in [2.24, 2.45) is 0 Å². The van der Waals surface area contributed by atoms with Crippen molar-refractivity contribution in [1.82, 2.24) is 15.1 Å². The molecule has 0 aliphatic rings. The lowest BCUT2D eigenvalue weighted by atomic mass is 10.0. The van der Waals surface area contributed by atoms with Crippen molar-refractivity contribution in [1.29, 1.82) is 5.26 Å². The number of carbonyl (C=O) groups is 1. The maximum atomic E-state index is 12.8. The van der Waals surface area contributed by atoms with Crippen LogP contribution in [0.3, 0.4) is 0 Å². The first kappa shape index (κ1) is 25.3. The number of amides is 1. The third-order valence-corrected chi connectivity index (χ3v) is 5.84. The molecule has 1 N–H and O–H groups in total. The van der Waals surface area contributed by atoms with Crippen LogP contribution < -0.4 is 14.8 Å². The highest BCUT2D eigenvalue weighted by Crippen LogP contribution is 2.33. The van der Waals surface area contributed by atoms with Gasteiger partial charge in [-0.15, -0.1) is 0 Å². The molecule has 1 heterocycles. The Morgan fingerprint density at radius 2 is 1.65 bits per heavy atom. The summed E-state index contributed by atoms with van der Waals surface area (Å²) < 4.78 is 12.6. The van der Waals surface area contributed by atoms with E-state index in [1.165, 1.54) is 0 Å². The minimum absolute atomic E-state index is 0.00838. The fraction of sp³-hybridized carbons (Fsp3) is 0.167. The molecule has 37 heavy (non-hydrogen) atoms. The Morgan fingerprint density at radius 1 is 0.973 bits per heavy atom. The van der Waals surface area contributed by atoms with E-state index in [0.717, 1.165) is 16.7 Å². The number of hydrogen-bond acceptors (Lipinski definition) is 5. The van der Waals surface area contributed by atoms with Gasteiger partial charge in [0.05, 0.1) is 26.5 Å². The lowest BCUT2D eigenvalue weighted by Crippen LogP contribution is -2.26. The fourth-order valence-corrected chi connectivity index (χ4v) is 3.97. The zero-order valence-corrected chi connectivity index (χ0v) is 20.8. The molecule has 0 aliphatic carbocycles. The Balaban J connectivity index is 1.64. The monoisotopic (exact) mass is 492 g/mol. The van der Waals surface area contributed by atoms with E-state index >= 15 is 0 Å². The molecule has 4 aromatic rings. The normalized spacial score (nSPS) is 11.0. The summed E-state index contributed by atoms with van der Waals surface area (Å²) in [6.45, 7) is 0.970. The molecular weight excluding hydrogens is 464 g/mol. The Hall–Kier alpha value is -4.83. The van der Waals surface area contributed by atoms with E-state index in [1.807, 2.05) is 85.1 Å². The fourth-order valence-electron chi connectivity index (χ4n) is 3.97. The van der Waals surface area contributed by atoms with E-state index in [9.17, 15) is 10.1 Å². The Kier molecular flexibility index (Phi) is 8.35. The number of benzene rings is 3. The number of aromatic nitrogens is 2. The molecule has 7 heteroatoms. The second-order valence-corrected chi connectivity index (χ2v) is 8.35. The van der Waals surface area contributed by atoms with Gasteiger partial charge in [-0.25, -0.2) is 0 Å². The summed E-state index contributed by atoms with van der Waals surface area (Å²) in [5.74, 6) is 0.738. The van der Waals surface area contributed by atoms with Gasteiger partial charge in [0.15, 0.2) is 11.5 Å². The van der Waals surface area contributed by atoms with Crippen molar-refractivity contribution in [2.75, 3.05) is 20.8 Å². The molecule has 1 amide bonds. The van der Waals surface area contributed by atoms with Gasteiger partial charge in [0.25, 0.3) is 5.91 Å². The number of methoxy groups -OCH3 is 2. The second kappa shape index (κ2) is 12.2. The molecule has 186 valence electrons. The number of ether oxygens (including phenoxy) is 2. The minimum atomic E-state index is -0.424. The van der Waals surface area contributed by atoms with Gasteiger partial charge in [0, 0.05) is 23.9 Å². The first-order valence-corrected chi connectivity index (χ1v) is 11.9. The molecule has 7 nitrogen and oxygen atoms in total. The molecule has 0 saturated carbocycles. The van der Waals surface area contributed by atoms with E-state index in [2.05, 4.69) is 5.32 Å². The van der Waals surface area contributed by atoms with Gasteiger partial charge in [-0.05, 0) is 41.8 Å². The van der Waals surface area contributed by atoms with Crippen LogP contribution in [0.1, 0.15) is 16.7 Å². The average molecular weight is 493 g/mol. The van der Waals surface area contributed by atoms with Crippen LogP contribution in [0.4, 0.5) is 0 Å². The Labute approximate surface area is 216 Å². The summed E-state index contributed by atoms with van der Waals surface area (Å²) in [4.78, 5) is 12.8. The first-order valence-electron chi connectivity index (χ1n) is 11.9. The largest absolute Gasteiger partial charge is 0.493 e. The number of nitrogens with one attached hydrogen (secondary N) is 1. The predicted molar refractivity (Wildman–Crippen MR) is 143 cm³/mol. The van der Waals surface area contributed by atoms with E-state index < -0.39 is 5.91 Å². The van der Waals surface area contributed by atoms with Gasteiger partial charge >= 0.3 is 0 Å². The van der Waals surface area contributed by atoms with Crippen LogP contribution in [0, 0.1) is 11.3 Å². The standard InChI is InChI=1S/C30H28N4O3/c1-36-27-14-13-24(18-28(27)37-2)29-26(21-34(33-29)20-23-11-7-4-8-12-23)17-25(19-31)30(35)32-16-15-22-9-5-3-6-10-22/h3-14,17-18,21H,15-16,20H2,1-2H3,(H,32,35)/b25-17+. The molecule has 0 spiro atoms. The Morgan fingerprint density at radius 3 is 2.30 bits per heavy atom. The topological polar surface area (TPSA) is 89.2 Å². The molecule has 4 rings (SSSR count). The average Bonchev–Trinajstić information content (AvgIpc) is 3.34. The van der Waals surface area contributed by atoms with Crippen molar-refractivity contribution >= 4 is 12.0 Å². The van der Waals surface area contributed by atoms with Crippen LogP contribution >= 0.6 is 0 Å². The van der Waals surface area contributed by atoms with Crippen LogP contribution in [0.2, 0.25) is 0 Å². The molecule has 0 atom stereocenters. The lowest BCUT2D eigenvalue weighted by molar-refractivity contribution is -0.117. The third kappa shape index (κ3) is 6.44. The summed E-state index contributed by atoms with van der Waals surface area (Å²) in [5.41, 5.74) is 4.26. The predicted octanol–water partition coefficient (Wildman–Crippen LogP) is 4.88. The summed E-state index contributed by atoms with van der Waals surface area (Å²) >= 11 is 0. The van der Waals surface area contributed by atoms with Crippen molar-refractivity contribution in [3.8, 4) is 28.8 Å². The summed E-state index contributed by atoms with van der Waals surface area (Å²) in [6, 6.07) is 27.4. The summed E-state index contributed by atoms with van der Waals surface area (Å²) in [6.07, 6.45) is 4.10.